The van der Waals surface area contributed by atoms with Gasteiger partial charge in [0.1, 0.15) is 17.3 Å². The summed E-state index contributed by atoms with van der Waals surface area (Å²) >= 11 is 6.84. The van der Waals surface area contributed by atoms with E-state index in [2.05, 4.69) is 10.3 Å². The highest BCUT2D eigenvalue weighted by Crippen LogP contribution is 2.31. The Morgan fingerprint density at radius 3 is 2.80 bits per heavy atom. The summed E-state index contributed by atoms with van der Waals surface area (Å²) in [5.74, 6) is -0.0778. The maximum Gasteiger partial charge on any atom is 0.270 e. The van der Waals surface area contributed by atoms with Gasteiger partial charge in [-0.05, 0) is 42.1 Å². The topological polar surface area (TPSA) is 97.7 Å². The van der Waals surface area contributed by atoms with Crippen LogP contribution in [0.3, 0.4) is 0 Å². The first-order valence-electron chi connectivity index (χ1n) is 8.48. The lowest BCUT2D eigenvalue weighted by atomic mass is 10.1. The number of nitro benzene ring substituents is 1. The summed E-state index contributed by atoms with van der Waals surface area (Å²) in [4.78, 5) is 27.3. The normalized spacial score (nSPS) is 16.3. The number of non-ortho nitro benzene ring substituents is 1. The first kappa shape index (κ1) is 19.9. The van der Waals surface area contributed by atoms with E-state index < -0.39 is 10.7 Å². The number of benzene rings is 2. The molecule has 0 atom stereocenters. The van der Waals surface area contributed by atoms with E-state index in [4.69, 9.17) is 16.0 Å². The molecule has 4 rings (SSSR count). The number of aliphatic imine (C=N–C) groups is 1. The minimum Gasteiger partial charge on any atom is -0.457 e. The van der Waals surface area contributed by atoms with Crippen LogP contribution in [0.15, 0.2) is 68.9 Å². The number of thioether (sulfide) groups is 1. The lowest BCUT2D eigenvalue weighted by Crippen LogP contribution is -2.19. The van der Waals surface area contributed by atoms with Crippen molar-refractivity contribution in [3.63, 3.8) is 0 Å². The van der Waals surface area contributed by atoms with Crippen molar-refractivity contribution in [2.75, 3.05) is 0 Å². The Hall–Kier alpha value is -3.43. The first-order chi connectivity index (χ1) is 14.4. The zero-order chi connectivity index (χ0) is 21.3. The van der Waals surface area contributed by atoms with Crippen LogP contribution in [0.1, 0.15) is 5.76 Å². The second-order valence-electron chi connectivity index (χ2n) is 6.09. The second-order valence-corrected chi connectivity index (χ2v) is 7.53. The summed E-state index contributed by atoms with van der Waals surface area (Å²) in [6.07, 6.45) is 1.54. The molecule has 2 heterocycles. The van der Waals surface area contributed by atoms with Gasteiger partial charge in [0.25, 0.3) is 11.6 Å². The number of amides is 1. The number of amidine groups is 1. The van der Waals surface area contributed by atoms with Crippen molar-refractivity contribution in [2.24, 2.45) is 4.99 Å². The average molecular weight is 444 g/mol. The van der Waals surface area contributed by atoms with Crippen molar-refractivity contribution >= 4 is 51.9 Å². The molecule has 1 amide bonds. The maximum absolute atomic E-state index is 13.3. The van der Waals surface area contributed by atoms with Crippen LogP contribution in [0.5, 0.6) is 0 Å². The Morgan fingerprint density at radius 1 is 1.20 bits per heavy atom. The molecule has 1 aromatic heterocycles. The van der Waals surface area contributed by atoms with Gasteiger partial charge in [0.15, 0.2) is 5.17 Å². The van der Waals surface area contributed by atoms with Crippen LogP contribution >= 0.6 is 23.4 Å². The number of halogens is 2. The van der Waals surface area contributed by atoms with Crippen LogP contribution in [0.4, 0.5) is 15.8 Å². The molecule has 0 bridgehead atoms. The summed E-state index contributed by atoms with van der Waals surface area (Å²) in [7, 11) is 0. The summed E-state index contributed by atoms with van der Waals surface area (Å²) in [5.41, 5.74) is 0.903. The number of furan rings is 1. The molecule has 30 heavy (non-hydrogen) atoms. The van der Waals surface area contributed by atoms with Crippen LogP contribution in [0.25, 0.3) is 17.4 Å². The van der Waals surface area contributed by atoms with Gasteiger partial charge in [0.05, 0.1) is 20.5 Å². The zero-order valence-electron chi connectivity index (χ0n) is 15.0. The largest absolute Gasteiger partial charge is 0.457 e. The van der Waals surface area contributed by atoms with Gasteiger partial charge in [-0.25, -0.2) is 9.38 Å². The molecule has 1 N–H and O–H groups in total. The molecule has 1 aliphatic heterocycles. The summed E-state index contributed by atoms with van der Waals surface area (Å²) in [5, 5.41) is 13.8. The van der Waals surface area contributed by atoms with E-state index in [1.807, 2.05) is 0 Å². The van der Waals surface area contributed by atoms with Gasteiger partial charge in [-0.1, -0.05) is 23.7 Å². The standard InChI is InChI=1S/C20H11ClFN3O4S/c21-15-9-12(4-6-16(15)22)23-20-24-19(26)18(30-20)10-14-5-7-17(29-14)11-2-1-3-13(8-11)25(27)28/h1-10H,(H,23,24,26). The van der Waals surface area contributed by atoms with Crippen LogP contribution in [-0.2, 0) is 4.79 Å². The van der Waals surface area contributed by atoms with Crippen molar-refractivity contribution in [1.82, 2.24) is 5.32 Å². The van der Waals surface area contributed by atoms with E-state index in [9.17, 15) is 19.3 Å². The predicted molar refractivity (Wildman–Crippen MR) is 113 cm³/mol. The quantitative estimate of drug-likeness (QED) is 0.324. The number of hydrogen-bond acceptors (Lipinski definition) is 6. The lowest BCUT2D eigenvalue weighted by Gasteiger charge is -1.98. The molecule has 3 aromatic rings. The van der Waals surface area contributed by atoms with Crippen LogP contribution < -0.4 is 5.32 Å². The third kappa shape index (κ3) is 4.27. The van der Waals surface area contributed by atoms with Gasteiger partial charge in [0, 0.05) is 23.8 Å². The van der Waals surface area contributed by atoms with Gasteiger partial charge < -0.3 is 9.73 Å². The minimum atomic E-state index is -0.554. The monoisotopic (exact) mass is 443 g/mol. The molecular weight excluding hydrogens is 433 g/mol. The summed E-state index contributed by atoms with van der Waals surface area (Å²) in [6.45, 7) is 0. The summed E-state index contributed by atoms with van der Waals surface area (Å²) < 4.78 is 19.0. The molecule has 0 saturated carbocycles. The molecule has 1 saturated heterocycles. The Kier molecular flexibility index (Phi) is 5.39. The van der Waals surface area contributed by atoms with E-state index in [1.54, 1.807) is 30.3 Å². The number of nitrogens with zero attached hydrogens (tertiary/aromatic N) is 2. The molecule has 7 nitrogen and oxygen atoms in total. The van der Waals surface area contributed by atoms with E-state index in [0.717, 1.165) is 11.8 Å². The number of nitro groups is 1. The highest BCUT2D eigenvalue weighted by molar-refractivity contribution is 8.18. The molecular formula is C20H11ClFN3O4S. The van der Waals surface area contributed by atoms with E-state index in [1.165, 1.54) is 30.3 Å². The fraction of sp³-hybridized carbons (Fsp3) is 0. The van der Waals surface area contributed by atoms with Crippen molar-refractivity contribution in [3.05, 3.63) is 86.2 Å². The Balaban J connectivity index is 1.55. The summed E-state index contributed by atoms with van der Waals surface area (Å²) in [6, 6.07) is 13.4. The van der Waals surface area contributed by atoms with Crippen LogP contribution in [0.2, 0.25) is 5.02 Å². The third-order valence-corrected chi connectivity index (χ3v) is 5.23. The lowest BCUT2D eigenvalue weighted by molar-refractivity contribution is -0.384. The fourth-order valence-electron chi connectivity index (χ4n) is 2.64. The minimum absolute atomic E-state index is 0.0451. The highest BCUT2D eigenvalue weighted by atomic mass is 35.5. The number of rotatable bonds is 4. The average Bonchev–Trinajstić information content (AvgIpc) is 3.32. The van der Waals surface area contributed by atoms with E-state index >= 15 is 0 Å². The molecule has 0 radical (unpaired) electrons. The van der Waals surface area contributed by atoms with Crippen LogP contribution in [-0.4, -0.2) is 16.0 Å². The molecule has 150 valence electrons. The molecule has 0 aliphatic carbocycles. The number of hydrogen-bond donors (Lipinski definition) is 1. The molecule has 0 spiro atoms. The van der Waals surface area contributed by atoms with Gasteiger partial charge >= 0.3 is 0 Å². The predicted octanol–water partition coefficient (Wildman–Crippen LogP) is 5.54. The van der Waals surface area contributed by atoms with E-state index in [-0.39, 0.29) is 16.6 Å². The van der Waals surface area contributed by atoms with Gasteiger partial charge in [-0.2, -0.15) is 0 Å². The van der Waals surface area contributed by atoms with Crippen molar-refractivity contribution in [1.29, 1.82) is 0 Å². The number of nitrogens with one attached hydrogen (secondary N) is 1. The SMILES string of the molecule is O=C1NC(=Nc2ccc(F)c(Cl)c2)SC1=Cc1ccc(-c2cccc([N+](=O)[O-])c2)o1. The Morgan fingerprint density at radius 2 is 2.03 bits per heavy atom. The first-order valence-corrected chi connectivity index (χ1v) is 9.68. The zero-order valence-corrected chi connectivity index (χ0v) is 16.5. The van der Waals surface area contributed by atoms with Crippen molar-refractivity contribution in [2.45, 2.75) is 0 Å². The molecule has 10 heteroatoms. The van der Waals surface area contributed by atoms with Crippen molar-refractivity contribution in [3.8, 4) is 11.3 Å². The number of carbonyl (C=O) groups excluding carboxylic acids is 1. The smallest absolute Gasteiger partial charge is 0.270 e. The Bertz CT molecular complexity index is 1240. The van der Waals surface area contributed by atoms with Gasteiger partial charge in [-0.15, -0.1) is 0 Å². The van der Waals surface area contributed by atoms with Crippen molar-refractivity contribution < 1.29 is 18.5 Å². The highest BCUT2D eigenvalue weighted by Gasteiger charge is 2.24. The van der Waals surface area contributed by atoms with Gasteiger partial charge in [-0.3, -0.25) is 14.9 Å². The van der Waals surface area contributed by atoms with Crippen LogP contribution in [0, 0.1) is 15.9 Å². The maximum atomic E-state index is 13.3. The molecule has 1 aliphatic rings. The second kappa shape index (κ2) is 8.13. The fourth-order valence-corrected chi connectivity index (χ4v) is 3.64. The van der Waals surface area contributed by atoms with E-state index in [0.29, 0.717) is 32.8 Å². The Labute approximate surface area is 178 Å². The molecule has 1 fully saturated rings. The molecule has 2 aromatic carbocycles. The third-order valence-electron chi connectivity index (χ3n) is 4.03. The number of carbonyl (C=O) groups is 1. The molecule has 0 unspecified atom stereocenters. The van der Waals surface area contributed by atoms with Gasteiger partial charge in [0.2, 0.25) is 0 Å².